The molecule has 1 heterocycles. The molecule has 2 rings (SSSR count). The molecule has 0 fully saturated rings. The smallest absolute Gasteiger partial charge is 0.157 e. The van der Waals surface area contributed by atoms with Crippen molar-refractivity contribution < 1.29 is 15.3 Å². The van der Waals surface area contributed by atoms with Gasteiger partial charge in [0.1, 0.15) is 0 Å². The number of nitrogens with zero attached hydrogens (tertiary/aromatic N) is 1. The zero-order valence-electron chi connectivity index (χ0n) is 8.34. The lowest BCUT2D eigenvalue weighted by molar-refractivity contribution is 0.107. The summed E-state index contributed by atoms with van der Waals surface area (Å²) in [6.45, 7) is 1.23. The Morgan fingerprint density at radius 3 is 2.53 bits per heavy atom. The first-order valence-electron chi connectivity index (χ1n) is 4.49. The number of benzene rings is 1. The second kappa shape index (κ2) is 4.26. The number of aliphatic hydroxyl groups excluding tert-OH is 1. The maximum atomic E-state index is 9.71. The van der Waals surface area contributed by atoms with Crippen LogP contribution in [0.25, 0.3) is 0 Å². The van der Waals surface area contributed by atoms with Crippen LogP contribution in [0.1, 0.15) is 17.2 Å². The van der Waals surface area contributed by atoms with Gasteiger partial charge in [-0.05, 0) is 30.3 Å². The summed E-state index contributed by atoms with van der Waals surface area (Å²) in [5, 5.41) is 28.3. The highest BCUT2D eigenvalue weighted by atomic mass is 35.5. The Labute approximate surface area is 94.2 Å². The topological polar surface area (TPSA) is 63.9 Å². The molecule has 0 spiro atoms. The Bertz CT molecular complexity index is 370. The summed E-state index contributed by atoms with van der Waals surface area (Å²) in [6.07, 6.45) is -0.588. The summed E-state index contributed by atoms with van der Waals surface area (Å²) in [6, 6.07) is 2.94. The molecule has 0 aromatic heterocycles. The van der Waals surface area contributed by atoms with Crippen molar-refractivity contribution in [2.75, 3.05) is 13.6 Å². The molecule has 0 bridgehead atoms. The highest BCUT2D eigenvalue weighted by molar-refractivity contribution is 5.85. The SMILES string of the molecule is CN1Cc2cc(O)c(O)cc2[C@@H](O)C1.Cl. The Morgan fingerprint density at radius 2 is 1.87 bits per heavy atom. The Hall–Kier alpha value is -0.970. The fourth-order valence-corrected chi connectivity index (χ4v) is 1.83. The van der Waals surface area contributed by atoms with Crippen LogP contribution in [0.4, 0.5) is 0 Å². The van der Waals surface area contributed by atoms with Crippen LogP contribution in [0, 0.1) is 0 Å². The van der Waals surface area contributed by atoms with Crippen molar-refractivity contribution in [1.82, 2.24) is 4.90 Å². The molecule has 1 aliphatic rings. The molecule has 84 valence electrons. The van der Waals surface area contributed by atoms with E-state index in [-0.39, 0.29) is 23.9 Å². The molecule has 5 heteroatoms. The molecule has 0 unspecified atom stereocenters. The van der Waals surface area contributed by atoms with Gasteiger partial charge in [-0.25, -0.2) is 0 Å². The van der Waals surface area contributed by atoms with E-state index < -0.39 is 6.10 Å². The van der Waals surface area contributed by atoms with Crippen LogP contribution >= 0.6 is 12.4 Å². The molecule has 3 N–H and O–H groups in total. The molecule has 1 aliphatic heterocycles. The fourth-order valence-electron chi connectivity index (χ4n) is 1.83. The number of hydrogen-bond acceptors (Lipinski definition) is 4. The maximum Gasteiger partial charge on any atom is 0.157 e. The first-order chi connectivity index (χ1) is 6.58. The van der Waals surface area contributed by atoms with Gasteiger partial charge in [0.2, 0.25) is 0 Å². The number of fused-ring (bicyclic) bond motifs is 1. The molecular weight excluding hydrogens is 218 g/mol. The van der Waals surface area contributed by atoms with E-state index >= 15 is 0 Å². The largest absolute Gasteiger partial charge is 0.504 e. The summed E-state index contributed by atoms with van der Waals surface area (Å²) in [5.41, 5.74) is 1.57. The molecule has 1 atom stereocenters. The molecule has 0 aliphatic carbocycles. The van der Waals surface area contributed by atoms with Gasteiger partial charge in [-0.3, -0.25) is 4.90 Å². The van der Waals surface area contributed by atoms with E-state index in [1.165, 1.54) is 12.1 Å². The average Bonchev–Trinajstić information content (AvgIpc) is 2.08. The summed E-state index contributed by atoms with van der Waals surface area (Å²) in [7, 11) is 1.90. The second-order valence-corrected chi connectivity index (χ2v) is 3.75. The number of rotatable bonds is 0. The number of likely N-dealkylation sites (N-methyl/N-ethyl adjacent to an activating group) is 1. The zero-order chi connectivity index (χ0) is 10.3. The predicted octanol–water partition coefficient (Wildman–Crippen LogP) is 0.998. The zero-order valence-corrected chi connectivity index (χ0v) is 9.16. The number of β-amino-alcohol motifs (C(OH)–C–C–N with tert-alkyl or cyclic N) is 1. The number of aromatic hydroxyl groups is 2. The second-order valence-electron chi connectivity index (χ2n) is 3.75. The van der Waals surface area contributed by atoms with Crippen LogP contribution in [0.5, 0.6) is 11.5 Å². The summed E-state index contributed by atoms with van der Waals surface area (Å²) in [4.78, 5) is 1.96. The van der Waals surface area contributed by atoms with Crippen molar-refractivity contribution in [3.8, 4) is 11.5 Å². The summed E-state index contributed by atoms with van der Waals surface area (Å²) < 4.78 is 0. The normalized spacial score (nSPS) is 20.5. The molecule has 15 heavy (non-hydrogen) atoms. The molecular formula is C10H14ClNO3. The molecule has 1 aromatic carbocycles. The lowest BCUT2D eigenvalue weighted by atomic mass is 9.97. The number of aliphatic hydroxyl groups is 1. The standard InChI is InChI=1S/C10H13NO3.ClH/c1-11-4-6-2-8(12)9(13)3-7(6)10(14)5-11;/h2-3,10,12-14H,4-5H2,1H3;1H/t10-;/m0./s1. The van der Waals surface area contributed by atoms with Crippen molar-refractivity contribution in [3.05, 3.63) is 23.3 Å². The molecule has 0 radical (unpaired) electrons. The van der Waals surface area contributed by atoms with Gasteiger partial charge in [0, 0.05) is 13.1 Å². The molecule has 4 nitrogen and oxygen atoms in total. The van der Waals surface area contributed by atoms with Gasteiger partial charge in [-0.15, -0.1) is 12.4 Å². The molecule has 0 saturated carbocycles. The first-order valence-corrected chi connectivity index (χ1v) is 4.49. The van der Waals surface area contributed by atoms with Crippen molar-refractivity contribution in [1.29, 1.82) is 0 Å². The third-order valence-electron chi connectivity index (χ3n) is 2.52. The first kappa shape index (κ1) is 12.1. The van der Waals surface area contributed by atoms with Gasteiger partial charge in [0.05, 0.1) is 6.10 Å². The molecule has 0 saturated heterocycles. The third kappa shape index (κ3) is 2.17. The van der Waals surface area contributed by atoms with Gasteiger partial charge >= 0.3 is 0 Å². The molecule has 0 amide bonds. The number of phenols is 2. The number of hydrogen-bond donors (Lipinski definition) is 3. The van der Waals surface area contributed by atoms with Crippen LogP contribution in [-0.2, 0) is 6.54 Å². The summed E-state index contributed by atoms with van der Waals surface area (Å²) >= 11 is 0. The Kier molecular flexibility index (Phi) is 3.44. The number of phenolic OH excluding ortho intramolecular Hbond substituents is 2. The molecule has 1 aromatic rings. The van der Waals surface area contributed by atoms with Crippen LogP contribution < -0.4 is 0 Å². The quantitative estimate of drug-likeness (QED) is 0.583. The van der Waals surface area contributed by atoms with E-state index in [0.717, 1.165) is 5.56 Å². The van der Waals surface area contributed by atoms with E-state index in [1.54, 1.807) is 0 Å². The van der Waals surface area contributed by atoms with Gasteiger partial charge in [-0.2, -0.15) is 0 Å². The van der Waals surface area contributed by atoms with Gasteiger partial charge in [0.15, 0.2) is 11.5 Å². The van der Waals surface area contributed by atoms with Crippen molar-refractivity contribution >= 4 is 12.4 Å². The van der Waals surface area contributed by atoms with Crippen LogP contribution in [0.2, 0.25) is 0 Å². The van der Waals surface area contributed by atoms with Gasteiger partial charge in [0.25, 0.3) is 0 Å². The Morgan fingerprint density at radius 1 is 1.27 bits per heavy atom. The maximum absolute atomic E-state index is 9.71. The van der Waals surface area contributed by atoms with E-state index in [9.17, 15) is 15.3 Å². The monoisotopic (exact) mass is 231 g/mol. The minimum atomic E-state index is -0.588. The number of halogens is 1. The minimum absolute atomic E-state index is 0. The van der Waals surface area contributed by atoms with Crippen molar-refractivity contribution in [2.45, 2.75) is 12.6 Å². The van der Waals surface area contributed by atoms with E-state index in [2.05, 4.69) is 0 Å². The van der Waals surface area contributed by atoms with E-state index in [0.29, 0.717) is 18.7 Å². The highest BCUT2D eigenvalue weighted by Gasteiger charge is 2.22. The van der Waals surface area contributed by atoms with E-state index in [1.807, 2.05) is 11.9 Å². The van der Waals surface area contributed by atoms with Crippen LogP contribution in [-0.4, -0.2) is 33.8 Å². The minimum Gasteiger partial charge on any atom is -0.504 e. The lowest BCUT2D eigenvalue weighted by Gasteiger charge is -2.29. The van der Waals surface area contributed by atoms with Gasteiger partial charge < -0.3 is 15.3 Å². The average molecular weight is 232 g/mol. The van der Waals surface area contributed by atoms with Crippen LogP contribution in [0.15, 0.2) is 12.1 Å². The highest BCUT2D eigenvalue weighted by Crippen LogP contribution is 2.34. The third-order valence-corrected chi connectivity index (χ3v) is 2.52. The van der Waals surface area contributed by atoms with Crippen molar-refractivity contribution in [3.63, 3.8) is 0 Å². The van der Waals surface area contributed by atoms with E-state index in [4.69, 9.17) is 0 Å². The van der Waals surface area contributed by atoms with Crippen molar-refractivity contribution in [2.24, 2.45) is 0 Å². The van der Waals surface area contributed by atoms with Crippen LogP contribution in [0.3, 0.4) is 0 Å². The summed E-state index contributed by atoms with van der Waals surface area (Å²) in [5.74, 6) is -0.307. The lowest BCUT2D eigenvalue weighted by Crippen LogP contribution is -2.30. The predicted molar refractivity (Wildman–Crippen MR) is 58.3 cm³/mol. The fraction of sp³-hybridized carbons (Fsp3) is 0.400. The Balaban J connectivity index is 0.00000112. The van der Waals surface area contributed by atoms with Gasteiger partial charge in [-0.1, -0.05) is 0 Å².